The Morgan fingerprint density at radius 1 is 1.21 bits per heavy atom. The van der Waals surface area contributed by atoms with Gasteiger partial charge in [-0.2, -0.15) is 0 Å². The fourth-order valence-electron chi connectivity index (χ4n) is 3.44. The number of methoxy groups -OCH3 is 1. The van der Waals surface area contributed by atoms with Crippen molar-refractivity contribution in [1.82, 2.24) is 10.6 Å². The van der Waals surface area contributed by atoms with Crippen LogP contribution in [0.1, 0.15) is 43.2 Å². The molecule has 0 atom stereocenters. The molecule has 1 aliphatic carbocycles. The number of nitrogens with one attached hydrogen (secondary N) is 2. The summed E-state index contributed by atoms with van der Waals surface area (Å²) >= 11 is 0. The third-order valence-electron chi connectivity index (χ3n) is 5.06. The first-order valence-electron chi connectivity index (χ1n) is 8.67. The number of rotatable bonds is 7. The van der Waals surface area contributed by atoms with Crippen molar-refractivity contribution in [3.05, 3.63) is 35.4 Å². The molecule has 24 heavy (non-hydrogen) atoms. The van der Waals surface area contributed by atoms with E-state index in [-0.39, 0.29) is 24.0 Å². The molecule has 1 fully saturated rings. The maximum absolute atomic E-state index is 5.31. The zero-order valence-electron chi connectivity index (χ0n) is 15.2. The summed E-state index contributed by atoms with van der Waals surface area (Å²) in [6.45, 7) is 4.77. The fourth-order valence-corrected chi connectivity index (χ4v) is 3.44. The Bertz CT molecular complexity index is 513. The quantitative estimate of drug-likeness (QED) is 0.381. The summed E-state index contributed by atoms with van der Waals surface area (Å²) in [6.07, 6.45) is 6.38. The Labute approximate surface area is 163 Å². The van der Waals surface area contributed by atoms with Gasteiger partial charge in [0, 0.05) is 33.9 Å². The van der Waals surface area contributed by atoms with Crippen molar-refractivity contribution in [2.24, 2.45) is 10.4 Å². The van der Waals surface area contributed by atoms with Gasteiger partial charge in [-0.25, -0.2) is 0 Å². The zero-order chi connectivity index (χ0) is 16.5. The highest BCUT2D eigenvalue weighted by atomic mass is 127. The molecule has 0 unspecified atom stereocenters. The van der Waals surface area contributed by atoms with Crippen LogP contribution < -0.4 is 10.6 Å². The van der Waals surface area contributed by atoms with Gasteiger partial charge in [0.15, 0.2) is 5.96 Å². The van der Waals surface area contributed by atoms with Gasteiger partial charge in [0.2, 0.25) is 0 Å². The van der Waals surface area contributed by atoms with E-state index in [1.807, 2.05) is 7.05 Å². The van der Waals surface area contributed by atoms with E-state index in [1.54, 1.807) is 7.11 Å². The molecule has 0 radical (unpaired) electrons. The number of nitrogens with zero attached hydrogens (tertiary/aromatic N) is 1. The number of benzene rings is 1. The van der Waals surface area contributed by atoms with Crippen LogP contribution in [0.3, 0.4) is 0 Å². The zero-order valence-corrected chi connectivity index (χ0v) is 17.6. The minimum absolute atomic E-state index is 0. The Morgan fingerprint density at radius 2 is 1.92 bits per heavy atom. The van der Waals surface area contributed by atoms with E-state index in [4.69, 9.17) is 4.74 Å². The maximum atomic E-state index is 5.31. The molecular weight excluding hydrogens is 413 g/mol. The molecule has 0 spiro atoms. The molecule has 136 valence electrons. The van der Waals surface area contributed by atoms with E-state index in [9.17, 15) is 0 Å². The van der Waals surface area contributed by atoms with Gasteiger partial charge < -0.3 is 15.4 Å². The summed E-state index contributed by atoms with van der Waals surface area (Å²) in [6, 6.07) is 8.46. The monoisotopic (exact) mass is 445 g/mol. The molecule has 1 aromatic carbocycles. The number of guanidine groups is 1. The summed E-state index contributed by atoms with van der Waals surface area (Å²) in [5, 5.41) is 6.97. The predicted octanol–water partition coefficient (Wildman–Crippen LogP) is 3.87. The number of halogens is 1. The normalized spacial score (nSPS) is 16.5. The molecule has 0 aromatic heterocycles. The van der Waals surface area contributed by atoms with Crippen LogP contribution in [0.15, 0.2) is 29.3 Å². The molecule has 1 aromatic rings. The largest absolute Gasteiger partial charge is 0.385 e. The average molecular weight is 445 g/mol. The van der Waals surface area contributed by atoms with Crippen molar-refractivity contribution >= 4 is 29.9 Å². The van der Waals surface area contributed by atoms with Crippen molar-refractivity contribution in [3.8, 4) is 0 Å². The summed E-state index contributed by atoms with van der Waals surface area (Å²) in [7, 11) is 3.63. The molecule has 0 amide bonds. The van der Waals surface area contributed by atoms with Crippen molar-refractivity contribution in [2.75, 3.05) is 27.3 Å². The first-order valence-corrected chi connectivity index (χ1v) is 8.67. The van der Waals surface area contributed by atoms with Crippen LogP contribution in [0.2, 0.25) is 0 Å². The van der Waals surface area contributed by atoms with E-state index >= 15 is 0 Å². The summed E-state index contributed by atoms with van der Waals surface area (Å²) < 4.78 is 5.31. The van der Waals surface area contributed by atoms with Gasteiger partial charge in [0.1, 0.15) is 0 Å². The van der Waals surface area contributed by atoms with E-state index < -0.39 is 0 Å². The third-order valence-corrected chi connectivity index (χ3v) is 5.06. The first kappa shape index (κ1) is 21.2. The highest BCUT2D eigenvalue weighted by molar-refractivity contribution is 14.0. The lowest BCUT2D eigenvalue weighted by molar-refractivity contribution is 0.138. The lowest BCUT2D eigenvalue weighted by Gasteiger charge is -2.30. The van der Waals surface area contributed by atoms with Crippen LogP contribution in [-0.2, 0) is 11.3 Å². The molecule has 1 saturated carbocycles. The summed E-state index contributed by atoms with van der Waals surface area (Å²) in [5.41, 5.74) is 2.99. The highest BCUT2D eigenvalue weighted by Crippen LogP contribution is 2.40. The van der Waals surface area contributed by atoms with Gasteiger partial charge in [-0.3, -0.25) is 4.99 Å². The highest BCUT2D eigenvalue weighted by Gasteiger charge is 2.33. The summed E-state index contributed by atoms with van der Waals surface area (Å²) in [4.78, 5) is 4.37. The van der Waals surface area contributed by atoms with E-state index in [0.717, 1.165) is 32.1 Å². The molecule has 0 saturated heterocycles. The minimum Gasteiger partial charge on any atom is -0.385 e. The van der Waals surface area contributed by atoms with Crippen molar-refractivity contribution in [2.45, 2.75) is 45.6 Å². The maximum Gasteiger partial charge on any atom is 0.191 e. The van der Waals surface area contributed by atoms with Crippen LogP contribution in [-0.4, -0.2) is 33.3 Å². The number of aliphatic imine (C=N–C) groups is 1. The van der Waals surface area contributed by atoms with Crippen LogP contribution in [0.25, 0.3) is 0 Å². The van der Waals surface area contributed by atoms with Crippen LogP contribution in [0.4, 0.5) is 0 Å². The SMILES string of the molecule is CN=C(NCc1ccccc1C)NCC1(CCOC)CCCC1.I. The molecule has 0 bridgehead atoms. The van der Waals surface area contributed by atoms with Gasteiger partial charge in [-0.05, 0) is 42.7 Å². The van der Waals surface area contributed by atoms with Crippen molar-refractivity contribution in [3.63, 3.8) is 0 Å². The molecule has 2 N–H and O–H groups in total. The van der Waals surface area contributed by atoms with Gasteiger partial charge >= 0.3 is 0 Å². The average Bonchev–Trinajstić information content (AvgIpc) is 3.04. The lowest BCUT2D eigenvalue weighted by atomic mass is 9.83. The van der Waals surface area contributed by atoms with Crippen LogP contribution in [0, 0.1) is 12.3 Å². The second-order valence-corrected chi connectivity index (χ2v) is 6.66. The van der Waals surface area contributed by atoms with E-state index in [0.29, 0.717) is 5.41 Å². The van der Waals surface area contributed by atoms with Gasteiger partial charge in [0.05, 0.1) is 0 Å². The number of hydrogen-bond acceptors (Lipinski definition) is 2. The Morgan fingerprint density at radius 3 is 2.54 bits per heavy atom. The van der Waals surface area contributed by atoms with E-state index in [1.165, 1.54) is 36.8 Å². The second kappa shape index (κ2) is 10.9. The molecule has 1 aliphatic rings. The number of aryl methyl sites for hydroxylation is 1. The Kier molecular flexibility index (Phi) is 9.66. The molecular formula is C19H32IN3O. The Hall–Kier alpha value is -0.820. The van der Waals surface area contributed by atoms with E-state index in [2.05, 4.69) is 46.8 Å². The van der Waals surface area contributed by atoms with Gasteiger partial charge in [-0.15, -0.1) is 24.0 Å². The number of ether oxygens (including phenoxy) is 1. The van der Waals surface area contributed by atoms with Crippen LogP contribution >= 0.6 is 24.0 Å². The molecule has 4 nitrogen and oxygen atoms in total. The standard InChI is InChI=1S/C19H31N3O.HI/c1-16-8-4-5-9-17(16)14-21-18(20-2)22-15-19(12-13-23-3)10-6-7-11-19;/h4-5,8-9H,6-7,10-15H2,1-3H3,(H2,20,21,22);1H. The molecule has 5 heteroatoms. The minimum atomic E-state index is 0. The fraction of sp³-hybridized carbons (Fsp3) is 0.632. The van der Waals surface area contributed by atoms with Crippen molar-refractivity contribution < 1.29 is 4.74 Å². The second-order valence-electron chi connectivity index (χ2n) is 6.66. The van der Waals surface area contributed by atoms with Gasteiger partial charge in [0.25, 0.3) is 0 Å². The predicted molar refractivity (Wildman–Crippen MR) is 112 cm³/mol. The van der Waals surface area contributed by atoms with Gasteiger partial charge in [-0.1, -0.05) is 37.1 Å². The van der Waals surface area contributed by atoms with Crippen LogP contribution in [0.5, 0.6) is 0 Å². The topological polar surface area (TPSA) is 45.7 Å². The lowest BCUT2D eigenvalue weighted by Crippen LogP contribution is -2.43. The smallest absolute Gasteiger partial charge is 0.191 e. The summed E-state index contributed by atoms with van der Waals surface area (Å²) in [5.74, 6) is 0.886. The first-order chi connectivity index (χ1) is 11.2. The third kappa shape index (κ3) is 6.24. The Balaban J connectivity index is 0.00000288. The molecule has 0 heterocycles. The molecule has 2 rings (SSSR count). The molecule has 0 aliphatic heterocycles. The number of hydrogen-bond donors (Lipinski definition) is 2. The van der Waals surface area contributed by atoms with Crippen molar-refractivity contribution in [1.29, 1.82) is 0 Å².